The Kier molecular flexibility index (Phi) is 6.22. The molecule has 3 rings (SSSR count). The van der Waals surface area contributed by atoms with Crippen molar-refractivity contribution >= 4 is 44.9 Å². The van der Waals surface area contributed by atoms with Crippen molar-refractivity contribution in [2.24, 2.45) is 0 Å². The van der Waals surface area contributed by atoms with E-state index >= 15 is 0 Å². The van der Waals surface area contributed by atoms with Crippen LogP contribution in [0.5, 0.6) is 0 Å². The molecule has 0 N–H and O–H groups in total. The van der Waals surface area contributed by atoms with Gasteiger partial charge in [-0.05, 0) is 49.2 Å². The fourth-order valence-corrected chi connectivity index (χ4v) is 4.46. The zero-order valence-electron chi connectivity index (χ0n) is 15.8. The first-order chi connectivity index (χ1) is 13.6. The molecule has 1 aliphatic rings. The van der Waals surface area contributed by atoms with Crippen molar-refractivity contribution in [3.63, 3.8) is 0 Å². The lowest BCUT2D eigenvalue weighted by atomic mass is 10.1. The van der Waals surface area contributed by atoms with Crippen molar-refractivity contribution in [2.45, 2.75) is 30.3 Å². The summed E-state index contributed by atoms with van der Waals surface area (Å²) in [6, 6.07) is 9.08. The summed E-state index contributed by atoms with van der Waals surface area (Å²) in [4.78, 5) is 26.7. The third kappa shape index (κ3) is 4.74. The van der Waals surface area contributed by atoms with Crippen LogP contribution in [0.2, 0.25) is 10.0 Å². The SMILES string of the molecule is COC(=O)c1ccc(S(C)(=O)=O)c(CN(C(=O)c2ccc(Cl)cc2)C2CC2)c1Cl. The fourth-order valence-electron chi connectivity index (χ4n) is 3.05. The second-order valence-electron chi connectivity index (χ2n) is 6.84. The Morgan fingerprint density at radius 1 is 1.10 bits per heavy atom. The summed E-state index contributed by atoms with van der Waals surface area (Å²) in [5.41, 5.74) is 0.681. The van der Waals surface area contributed by atoms with Crippen molar-refractivity contribution in [1.82, 2.24) is 4.90 Å². The molecule has 0 spiro atoms. The highest BCUT2D eigenvalue weighted by atomic mass is 35.5. The van der Waals surface area contributed by atoms with E-state index in [0.29, 0.717) is 10.6 Å². The van der Waals surface area contributed by atoms with Crippen LogP contribution < -0.4 is 0 Å². The Morgan fingerprint density at radius 2 is 1.72 bits per heavy atom. The normalized spacial score (nSPS) is 13.8. The van der Waals surface area contributed by atoms with Crippen LogP contribution in [0.1, 0.15) is 39.1 Å². The van der Waals surface area contributed by atoms with E-state index in [-0.39, 0.29) is 39.5 Å². The van der Waals surface area contributed by atoms with Crippen LogP contribution in [0.3, 0.4) is 0 Å². The minimum absolute atomic E-state index is 0.0234. The third-order valence-electron chi connectivity index (χ3n) is 4.67. The summed E-state index contributed by atoms with van der Waals surface area (Å²) >= 11 is 12.3. The number of hydrogen-bond acceptors (Lipinski definition) is 5. The summed E-state index contributed by atoms with van der Waals surface area (Å²) in [5.74, 6) is -0.943. The molecule has 0 atom stereocenters. The van der Waals surface area contributed by atoms with Gasteiger partial charge in [0.2, 0.25) is 0 Å². The second kappa shape index (κ2) is 8.34. The molecule has 6 nitrogen and oxygen atoms in total. The van der Waals surface area contributed by atoms with Crippen molar-refractivity contribution in [3.05, 3.63) is 63.1 Å². The van der Waals surface area contributed by atoms with Crippen molar-refractivity contribution in [2.75, 3.05) is 13.4 Å². The molecule has 9 heteroatoms. The first-order valence-corrected chi connectivity index (χ1v) is 11.4. The molecule has 0 unspecified atom stereocenters. The monoisotopic (exact) mass is 455 g/mol. The largest absolute Gasteiger partial charge is 0.465 e. The summed E-state index contributed by atoms with van der Waals surface area (Å²) in [6.07, 6.45) is 2.67. The smallest absolute Gasteiger partial charge is 0.339 e. The number of hydrogen-bond donors (Lipinski definition) is 0. The molecule has 0 saturated heterocycles. The number of amides is 1. The first-order valence-electron chi connectivity index (χ1n) is 8.79. The van der Waals surface area contributed by atoms with Gasteiger partial charge in [0.25, 0.3) is 5.91 Å². The predicted molar refractivity (Wildman–Crippen MR) is 110 cm³/mol. The first kappa shape index (κ1) is 21.6. The van der Waals surface area contributed by atoms with Gasteiger partial charge < -0.3 is 9.64 Å². The van der Waals surface area contributed by atoms with E-state index in [1.54, 1.807) is 29.2 Å². The van der Waals surface area contributed by atoms with Gasteiger partial charge in [-0.1, -0.05) is 23.2 Å². The molecule has 154 valence electrons. The Balaban J connectivity index is 2.06. The zero-order chi connectivity index (χ0) is 21.3. The van der Waals surface area contributed by atoms with Gasteiger partial charge in [-0.3, -0.25) is 4.79 Å². The number of ether oxygens (including phenoxy) is 1. The molecule has 0 heterocycles. The van der Waals surface area contributed by atoms with E-state index in [1.807, 2.05) is 0 Å². The average molecular weight is 456 g/mol. The van der Waals surface area contributed by atoms with E-state index in [4.69, 9.17) is 27.9 Å². The quantitative estimate of drug-likeness (QED) is 0.615. The number of rotatable bonds is 6. The summed E-state index contributed by atoms with van der Waals surface area (Å²) < 4.78 is 29.3. The molecule has 29 heavy (non-hydrogen) atoms. The van der Waals surface area contributed by atoms with Crippen LogP contribution in [0.15, 0.2) is 41.3 Å². The molecule has 1 fully saturated rings. The lowest BCUT2D eigenvalue weighted by Gasteiger charge is -2.25. The molecule has 2 aromatic rings. The molecule has 1 saturated carbocycles. The lowest BCUT2D eigenvalue weighted by Crippen LogP contribution is -2.33. The van der Waals surface area contributed by atoms with E-state index < -0.39 is 15.8 Å². The molecule has 0 aliphatic heterocycles. The van der Waals surface area contributed by atoms with Crippen LogP contribution in [0, 0.1) is 0 Å². The van der Waals surface area contributed by atoms with Crippen LogP contribution >= 0.6 is 23.2 Å². The highest BCUT2D eigenvalue weighted by molar-refractivity contribution is 7.90. The molecule has 1 aliphatic carbocycles. The van der Waals surface area contributed by atoms with Gasteiger partial charge in [-0.15, -0.1) is 0 Å². The Labute approximate surface area is 179 Å². The minimum atomic E-state index is -3.64. The van der Waals surface area contributed by atoms with Gasteiger partial charge in [0.15, 0.2) is 9.84 Å². The van der Waals surface area contributed by atoms with Crippen molar-refractivity contribution < 1.29 is 22.7 Å². The highest BCUT2D eigenvalue weighted by Gasteiger charge is 2.35. The maximum Gasteiger partial charge on any atom is 0.339 e. The second-order valence-corrected chi connectivity index (χ2v) is 9.64. The molecule has 1 amide bonds. The van der Waals surface area contributed by atoms with Gasteiger partial charge in [-0.2, -0.15) is 0 Å². The maximum absolute atomic E-state index is 13.1. The van der Waals surface area contributed by atoms with Gasteiger partial charge in [0.1, 0.15) is 0 Å². The van der Waals surface area contributed by atoms with Crippen LogP contribution in [0.25, 0.3) is 0 Å². The van der Waals surface area contributed by atoms with Gasteiger partial charge in [0, 0.05) is 35.0 Å². The molecular formula is C20H19Cl2NO5S. The number of carbonyl (C=O) groups is 2. The van der Waals surface area contributed by atoms with Crippen molar-refractivity contribution in [3.8, 4) is 0 Å². The Bertz CT molecular complexity index is 1060. The maximum atomic E-state index is 13.1. The molecule has 0 radical (unpaired) electrons. The predicted octanol–water partition coefficient (Wildman–Crippen LogP) is 3.99. The van der Waals surface area contributed by atoms with E-state index in [1.165, 1.54) is 19.2 Å². The van der Waals surface area contributed by atoms with Gasteiger partial charge in [-0.25, -0.2) is 13.2 Å². The lowest BCUT2D eigenvalue weighted by molar-refractivity contribution is 0.0600. The number of sulfone groups is 1. The summed E-state index contributed by atoms with van der Waals surface area (Å²) in [7, 11) is -2.43. The molecular weight excluding hydrogens is 437 g/mol. The Morgan fingerprint density at radius 3 is 2.24 bits per heavy atom. The number of carbonyl (C=O) groups excluding carboxylic acids is 2. The fraction of sp³-hybridized carbons (Fsp3) is 0.300. The van der Waals surface area contributed by atoms with Gasteiger partial charge >= 0.3 is 5.97 Å². The molecule has 0 bridgehead atoms. The Hall–Kier alpha value is -2.09. The van der Waals surface area contributed by atoms with Gasteiger partial charge in [0.05, 0.1) is 22.6 Å². The van der Waals surface area contributed by atoms with Crippen molar-refractivity contribution in [1.29, 1.82) is 0 Å². The minimum Gasteiger partial charge on any atom is -0.465 e. The topological polar surface area (TPSA) is 80.8 Å². The average Bonchev–Trinajstić information content (AvgIpc) is 3.50. The van der Waals surface area contributed by atoms with Crippen LogP contribution in [-0.4, -0.2) is 44.6 Å². The van der Waals surface area contributed by atoms with E-state index in [9.17, 15) is 18.0 Å². The molecule has 0 aromatic heterocycles. The number of benzene rings is 2. The summed E-state index contributed by atoms with van der Waals surface area (Å²) in [5, 5.41) is 0.474. The van der Waals surface area contributed by atoms with Crippen LogP contribution in [-0.2, 0) is 21.1 Å². The number of esters is 1. The number of methoxy groups -OCH3 is 1. The van der Waals surface area contributed by atoms with E-state index in [0.717, 1.165) is 19.1 Å². The summed E-state index contributed by atoms with van der Waals surface area (Å²) in [6.45, 7) is -0.0435. The third-order valence-corrected chi connectivity index (χ3v) is 6.54. The zero-order valence-corrected chi connectivity index (χ0v) is 18.1. The van der Waals surface area contributed by atoms with E-state index in [2.05, 4.69) is 0 Å². The number of halogens is 2. The van der Waals surface area contributed by atoms with Crippen LogP contribution in [0.4, 0.5) is 0 Å². The highest BCUT2D eigenvalue weighted by Crippen LogP contribution is 2.35. The number of nitrogens with zero attached hydrogens (tertiary/aromatic N) is 1. The standard InChI is InChI=1S/C20H19Cl2NO5S/c1-28-20(25)15-9-10-17(29(2,26)27)16(18(15)22)11-23(14-7-8-14)19(24)12-3-5-13(21)6-4-12/h3-6,9-10,14H,7-8,11H2,1-2H3. The molecule has 2 aromatic carbocycles.